The number of rotatable bonds is 6. The molecule has 0 unspecified atom stereocenters. The van der Waals surface area contributed by atoms with Crippen molar-refractivity contribution in [2.75, 3.05) is 5.32 Å². The van der Waals surface area contributed by atoms with E-state index in [2.05, 4.69) is 22.2 Å². The average Bonchev–Trinajstić information content (AvgIpc) is 3.45. The fourth-order valence-electron chi connectivity index (χ4n) is 3.89. The van der Waals surface area contributed by atoms with Gasteiger partial charge in [-0.15, -0.1) is 0 Å². The predicted octanol–water partition coefficient (Wildman–Crippen LogP) is 4.58. The van der Waals surface area contributed by atoms with Crippen LogP contribution in [0.4, 0.5) is 5.69 Å². The minimum absolute atomic E-state index is 0.0149. The van der Waals surface area contributed by atoms with Gasteiger partial charge >= 0.3 is 0 Å². The van der Waals surface area contributed by atoms with Gasteiger partial charge in [0, 0.05) is 11.3 Å². The number of benzene rings is 3. The maximum atomic E-state index is 12.8. The molecule has 1 amide bonds. The molecule has 2 N–H and O–H groups in total. The lowest BCUT2D eigenvalue weighted by atomic mass is 10.1. The Morgan fingerprint density at radius 1 is 0.875 bits per heavy atom. The molecule has 7 heteroatoms. The van der Waals surface area contributed by atoms with Crippen LogP contribution >= 0.6 is 0 Å². The Kier molecular flexibility index (Phi) is 5.13. The van der Waals surface area contributed by atoms with Crippen LogP contribution in [0.5, 0.6) is 0 Å². The first-order chi connectivity index (χ1) is 15.5. The van der Waals surface area contributed by atoms with Crippen LogP contribution in [0.3, 0.4) is 0 Å². The third kappa shape index (κ3) is 3.95. The van der Waals surface area contributed by atoms with Gasteiger partial charge in [0.2, 0.25) is 10.0 Å². The van der Waals surface area contributed by atoms with E-state index in [1.807, 2.05) is 30.3 Å². The molecule has 5 rings (SSSR count). The molecule has 0 bridgehead atoms. The number of nitrogens with one attached hydrogen (secondary N) is 2. The van der Waals surface area contributed by atoms with Crippen LogP contribution in [-0.2, 0) is 23.0 Å². The van der Waals surface area contributed by atoms with Crippen LogP contribution in [0.25, 0.3) is 11.1 Å². The van der Waals surface area contributed by atoms with Crippen LogP contribution in [0.2, 0.25) is 0 Å². The van der Waals surface area contributed by atoms with Crippen molar-refractivity contribution >= 4 is 21.6 Å². The summed E-state index contributed by atoms with van der Waals surface area (Å²) < 4.78 is 32.9. The van der Waals surface area contributed by atoms with Crippen molar-refractivity contribution in [3.63, 3.8) is 0 Å². The fraction of sp³-hybridized carbons (Fsp3) is 0.0800. The van der Waals surface area contributed by atoms with Crippen LogP contribution in [0.15, 0.2) is 94.4 Å². The lowest BCUT2D eigenvalue weighted by Crippen LogP contribution is -2.23. The van der Waals surface area contributed by atoms with Crippen LogP contribution in [0.1, 0.15) is 27.2 Å². The van der Waals surface area contributed by atoms with Gasteiger partial charge < -0.3 is 9.73 Å². The van der Waals surface area contributed by atoms with Gasteiger partial charge in [-0.25, -0.2) is 13.1 Å². The Hall–Kier alpha value is -3.68. The normalized spacial score (nSPS) is 12.2. The average molecular weight is 445 g/mol. The molecule has 160 valence electrons. The van der Waals surface area contributed by atoms with Gasteiger partial charge in [0.1, 0.15) is 5.76 Å². The number of carbonyl (C=O) groups is 1. The summed E-state index contributed by atoms with van der Waals surface area (Å²) in [5.41, 5.74) is 5.75. The van der Waals surface area contributed by atoms with Crippen molar-refractivity contribution in [2.24, 2.45) is 0 Å². The molecule has 0 atom stereocenters. The molecule has 0 saturated carbocycles. The third-order valence-electron chi connectivity index (χ3n) is 5.47. The summed E-state index contributed by atoms with van der Waals surface area (Å²) in [7, 11) is -3.79. The summed E-state index contributed by atoms with van der Waals surface area (Å²) in [6.45, 7) is 0.0310. The molecule has 32 heavy (non-hydrogen) atoms. The van der Waals surface area contributed by atoms with Crippen molar-refractivity contribution in [3.05, 3.63) is 108 Å². The Balaban J connectivity index is 1.32. The van der Waals surface area contributed by atoms with Gasteiger partial charge in [-0.1, -0.05) is 36.4 Å². The molecule has 4 aromatic rings. The fourth-order valence-corrected chi connectivity index (χ4v) is 4.93. The van der Waals surface area contributed by atoms with E-state index in [4.69, 9.17) is 4.42 Å². The minimum Gasteiger partial charge on any atom is -0.468 e. The van der Waals surface area contributed by atoms with Crippen molar-refractivity contribution in [1.82, 2.24) is 4.72 Å². The summed E-state index contributed by atoms with van der Waals surface area (Å²) >= 11 is 0. The number of fused-ring (bicyclic) bond motifs is 3. The van der Waals surface area contributed by atoms with E-state index in [1.165, 1.54) is 35.1 Å². The van der Waals surface area contributed by atoms with E-state index in [0.29, 0.717) is 11.4 Å². The molecule has 0 saturated heterocycles. The quantitative estimate of drug-likeness (QED) is 0.401. The van der Waals surface area contributed by atoms with Crippen molar-refractivity contribution in [1.29, 1.82) is 0 Å². The minimum atomic E-state index is -3.79. The van der Waals surface area contributed by atoms with Gasteiger partial charge in [0.15, 0.2) is 0 Å². The highest BCUT2D eigenvalue weighted by Gasteiger charge is 2.19. The maximum Gasteiger partial charge on any atom is 0.255 e. The van der Waals surface area contributed by atoms with Crippen molar-refractivity contribution < 1.29 is 17.6 Å². The van der Waals surface area contributed by atoms with Crippen LogP contribution in [-0.4, -0.2) is 14.3 Å². The molecule has 6 nitrogen and oxygen atoms in total. The number of furan rings is 1. The van der Waals surface area contributed by atoms with Gasteiger partial charge in [-0.05, 0) is 71.1 Å². The van der Waals surface area contributed by atoms with Gasteiger partial charge in [-0.3, -0.25) is 4.79 Å². The highest BCUT2D eigenvalue weighted by atomic mass is 32.2. The number of hydrogen-bond donors (Lipinski definition) is 2. The summed E-state index contributed by atoms with van der Waals surface area (Å²) in [6.07, 6.45) is 2.30. The zero-order valence-electron chi connectivity index (χ0n) is 17.0. The largest absolute Gasteiger partial charge is 0.468 e. The highest BCUT2D eigenvalue weighted by Crippen LogP contribution is 2.37. The van der Waals surface area contributed by atoms with E-state index in [0.717, 1.165) is 12.0 Å². The lowest BCUT2D eigenvalue weighted by molar-refractivity contribution is 0.102. The molecule has 1 aromatic heterocycles. The first-order valence-corrected chi connectivity index (χ1v) is 11.6. The molecular weight excluding hydrogens is 424 g/mol. The summed E-state index contributed by atoms with van der Waals surface area (Å²) in [5.74, 6) is 0.129. The van der Waals surface area contributed by atoms with E-state index >= 15 is 0 Å². The highest BCUT2D eigenvalue weighted by molar-refractivity contribution is 7.89. The molecule has 1 heterocycles. The Labute approximate surface area is 186 Å². The number of amides is 1. The molecule has 0 aliphatic heterocycles. The first kappa shape index (κ1) is 20.2. The summed E-state index contributed by atoms with van der Waals surface area (Å²) in [4.78, 5) is 12.8. The van der Waals surface area contributed by atoms with Crippen molar-refractivity contribution in [2.45, 2.75) is 17.9 Å². The first-order valence-electron chi connectivity index (χ1n) is 10.1. The van der Waals surface area contributed by atoms with Gasteiger partial charge in [-0.2, -0.15) is 0 Å². The Bertz CT molecular complexity index is 1410. The zero-order valence-corrected chi connectivity index (χ0v) is 17.9. The standard InChI is InChI=1S/C25H20N2O4S/c28-25(27-20-10-11-24-19(14-20)13-17-5-1-2-9-23(17)24)18-6-3-8-22(15-18)32(29,30)26-16-21-7-4-12-31-21/h1-12,14-15,26H,13,16H2,(H,27,28). The maximum absolute atomic E-state index is 12.8. The number of anilines is 1. The van der Waals surface area contributed by atoms with Gasteiger partial charge in [0.05, 0.1) is 17.7 Å². The monoisotopic (exact) mass is 444 g/mol. The molecule has 3 aromatic carbocycles. The van der Waals surface area contributed by atoms with E-state index in [9.17, 15) is 13.2 Å². The summed E-state index contributed by atoms with van der Waals surface area (Å²) in [6, 6.07) is 23.4. The second-order valence-electron chi connectivity index (χ2n) is 7.59. The number of sulfonamides is 1. The van der Waals surface area contributed by atoms with Crippen molar-refractivity contribution in [3.8, 4) is 11.1 Å². The molecule has 1 aliphatic rings. The Morgan fingerprint density at radius 3 is 2.56 bits per heavy atom. The SMILES string of the molecule is O=C(Nc1ccc2c(c1)Cc1ccccc1-2)c1cccc(S(=O)(=O)NCc2ccco2)c1. The second-order valence-corrected chi connectivity index (χ2v) is 9.36. The molecule has 0 fully saturated rings. The summed E-state index contributed by atoms with van der Waals surface area (Å²) in [5, 5.41) is 2.88. The van der Waals surface area contributed by atoms with Crippen LogP contribution in [0, 0.1) is 0 Å². The smallest absolute Gasteiger partial charge is 0.255 e. The molecule has 0 radical (unpaired) electrons. The lowest BCUT2D eigenvalue weighted by Gasteiger charge is -2.10. The molecule has 0 spiro atoms. The Morgan fingerprint density at radius 2 is 1.72 bits per heavy atom. The molecule has 1 aliphatic carbocycles. The topological polar surface area (TPSA) is 88.4 Å². The zero-order chi connectivity index (χ0) is 22.1. The van der Waals surface area contributed by atoms with E-state index < -0.39 is 10.0 Å². The number of carbonyl (C=O) groups excluding carboxylic acids is 1. The number of hydrogen-bond acceptors (Lipinski definition) is 4. The van der Waals surface area contributed by atoms with Crippen LogP contribution < -0.4 is 10.0 Å². The molecular formula is C25H20N2O4S. The van der Waals surface area contributed by atoms with Gasteiger partial charge in [0.25, 0.3) is 5.91 Å². The van der Waals surface area contributed by atoms with E-state index in [-0.39, 0.29) is 22.9 Å². The third-order valence-corrected chi connectivity index (χ3v) is 6.87. The second kappa shape index (κ2) is 8.11. The van der Waals surface area contributed by atoms with E-state index in [1.54, 1.807) is 24.3 Å². The predicted molar refractivity (Wildman–Crippen MR) is 122 cm³/mol.